The first-order chi connectivity index (χ1) is 21.0. The van der Waals surface area contributed by atoms with Gasteiger partial charge >= 0.3 is 0 Å². The first kappa shape index (κ1) is 27.0. The van der Waals surface area contributed by atoms with E-state index in [9.17, 15) is 8.42 Å². The molecular weight excluding hydrogens is 552 g/mol. The van der Waals surface area contributed by atoms with Crippen LogP contribution < -0.4 is 4.90 Å². The van der Waals surface area contributed by atoms with E-state index in [1.807, 2.05) is 54.6 Å². The summed E-state index contributed by atoms with van der Waals surface area (Å²) < 4.78 is 29.5. The smallest absolute Gasteiger partial charge is 0.269 e. The molecule has 1 fully saturated rings. The molecule has 0 unspecified atom stereocenters. The molecule has 0 saturated carbocycles. The van der Waals surface area contributed by atoms with Gasteiger partial charge < -0.3 is 9.80 Å². The lowest BCUT2D eigenvalue weighted by atomic mass is 10.0. The van der Waals surface area contributed by atoms with Crippen molar-refractivity contribution in [2.24, 2.45) is 0 Å². The van der Waals surface area contributed by atoms with Crippen LogP contribution in [0.5, 0.6) is 0 Å². The first-order valence-electron chi connectivity index (χ1n) is 14.3. The van der Waals surface area contributed by atoms with Crippen LogP contribution in [0.15, 0.2) is 120 Å². The summed E-state index contributed by atoms with van der Waals surface area (Å²) in [6.07, 6.45) is 1.63. The Morgan fingerprint density at radius 2 is 1.40 bits per heavy atom. The number of likely N-dealkylation sites (N-methyl/N-ethyl adjacent to an activating group) is 1. The zero-order chi connectivity index (χ0) is 29.4. The fourth-order valence-corrected chi connectivity index (χ4v) is 7.21. The van der Waals surface area contributed by atoms with Gasteiger partial charge in [0.2, 0.25) is 0 Å². The molecule has 6 nitrogen and oxygen atoms in total. The third kappa shape index (κ3) is 5.05. The van der Waals surface area contributed by atoms with Crippen molar-refractivity contribution < 1.29 is 8.42 Å². The Labute approximate surface area is 251 Å². The summed E-state index contributed by atoms with van der Waals surface area (Å²) in [5, 5.41) is 1.51. The van der Waals surface area contributed by atoms with E-state index in [4.69, 9.17) is 0 Å². The molecule has 1 saturated heterocycles. The average molecular weight is 583 g/mol. The molecular formula is C36H30N4O2S. The quantitative estimate of drug-likeness (QED) is 0.230. The molecule has 7 rings (SSSR count). The number of benzene rings is 4. The van der Waals surface area contributed by atoms with E-state index in [0.29, 0.717) is 11.2 Å². The molecule has 0 radical (unpaired) electrons. The lowest BCUT2D eigenvalue weighted by molar-refractivity contribution is 0.313. The van der Waals surface area contributed by atoms with Crippen molar-refractivity contribution in [2.45, 2.75) is 4.90 Å². The van der Waals surface area contributed by atoms with Crippen molar-refractivity contribution in [3.63, 3.8) is 0 Å². The number of aromatic nitrogens is 2. The fraction of sp³-hybridized carbons (Fsp3) is 0.139. The molecule has 3 heterocycles. The molecule has 0 atom stereocenters. The normalized spacial score (nSPS) is 14.1. The molecule has 2 aromatic heterocycles. The molecule has 1 aliphatic heterocycles. The molecule has 43 heavy (non-hydrogen) atoms. The van der Waals surface area contributed by atoms with Gasteiger partial charge in [0.05, 0.1) is 10.4 Å². The molecule has 0 N–H and O–H groups in total. The topological polar surface area (TPSA) is 58.4 Å². The molecule has 0 bridgehead atoms. The zero-order valence-corrected chi connectivity index (χ0v) is 24.6. The zero-order valence-electron chi connectivity index (χ0n) is 23.8. The van der Waals surface area contributed by atoms with Crippen LogP contribution in [0.25, 0.3) is 33.1 Å². The highest BCUT2D eigenvalue weighted by Crippen LogP contribution is 2.36. The lowest BCUT2D eigenvalue weighted by Gasteiger charge is -2.34. The van der Waals surface area contributed by atoms with Gasteiger partial charge in [0.25, 0.3) is 10.0 Å². The Kier molecular flexibility index (Phi) is 6.94. The number of hydrogen-bond acceptors (Lipinski definition) is 5. The second-order valence-electron chi connectivity index (χ2n) is 10.8. The van der Waals surface area contributed by atoms with Crippen LogP contribution >= 0.6 is 0 Å². The highest BCUT2D eigenvalue weighted by Gasteiger charge is 2.25. The number of nitrogens with zero attached hydrogens (tertiary/aromatic N) is 4. The van der Waals surface area contributed by atoms with E-state index in [1.165, 1.54) is 9.66 Å². The lowest BCUT2D eigenvalue weighted by Crippen LogP contribution is -2.44. The Hall–Kier alpha value is -4.90. The Morgan fingerprint density at radius 3 is 2.12 bits per heavy atom. The SMILES string of the molecule is CN1CCN(c2ccc(-c3ccc4c(c3)c3c(C#Cc5ccccc5)ccnc3n4S(=O)(=O)c3ccccc3)cc2)CC1. The molecule has 0 spiro atoms. The largest absolute Gasteiger partial charge is 0.369 e. The summed E-state index contributed by atoms with van der Waals surface area (Å²) >= 11 is 0. The van der Waals surface area contributed by atoms with E-state index >= 15 is 0 Å². The number of hydrogen-bond donors (Lipinski definition) is 0. The summed E-state index contributed by atoms with van der Waals surface area (Å²) in [5.41, 5.74) is 5.81. The molecule has 4 aromatic carbocycles. The monoisotopic (exact) mass is 582 g/mol. The van der Waals surface area contributed by atoms with Gasteiger partial charge in [-0.05, 0) is 72.8 Å². The Balaban J connectivity index is 1.40. The van der Waals surface area contributed by atoms with Gasteiger partial charge in [-0.2, -0.15) is 0 Å². The van der Waals surface area contributed by atoms with Crippen molar-refractivity contribution in [3.05, 3.63) is 127 Å². The highest BCUT2D eigenvalue weighted by atomic mass is 32.2. The van der Waals surface area contributed by atoms with Crippen molar-refractivity contribution in [1.29, 1.82) is 0 Å². The van der Waals surface area contributed by atoms with Crippen molar-refractivity contribution in [1.82, 2.24) is 13.9 Å². The first-order valence-corrected chi connectivity index (χ1v) is 15.8. The number of rotatable bonds is 4. The molecule has 6 aromatic rings. The van der Waals surface area contributed by atoms with Gasteiger partial charge in [-0.3, -0.25) is 0 Å². The van der Waals surface area contributed by atoms with Crippen molar-refractivity contribution in [2.75, 3.05) is 38.1 Å². The molecule has 7 heteroatoms. The fourth-order valence-electron chi connectivity index (χ4n) is 5.71. The van der Waals surface area contributed by atoms with Gasteiger partial charge in [-0.25, -0.2) is 17.4 Å². The summed E-state index contributed by atoms with van der Waals surface area (Å²) in [4.78, 5) is 9.58. The minimum Gasteiger partial charge on any atom is -0.369 e. The van der Waals surface area contributed by atoms with E-state index < -0.39 is 10.0 Å². The van der Waals surface area contributed by atoms with Crippen LogP contribution in [0, 0.1) is 11.8 Å². The predicted molar refractivity (Wildman–Crippen MR) is 174 cm³/mol. The van der Waals surface area contributed by atoms with Gasteiger partial charge in [-0.15, -0.1) is 0 Å². The van der Waals surface area contributed by atoms with Crippen LogP contribution in [-0.4, -0.2) is 55.5 Å². The predicted octanol–water partition coefficient (Wildman–Crippen LogP) is 6.25. The van der Waals surface area contributed by atoms with Crippen LogP contribution in [0.2, 0.25) is 0 Å². The summed E-state index contributed by atoms with van der Waals surface area (Å²) in [7, 11) is -1.78. The van der Waals surface area contributed by atoms with Crippen LogP contribution in [-0.2, 0) is 10.0 Å². The maximum atomic E-state index is 14.1. The van der Waals surface area contributed by atoms with Crippen molar-refractivity contribution >= 4 is 37.6 Å². The molecule has 1 aliphatic rings. The van der Waals surface area contributed by atoms with Crippen LogP contribution in [0.4, 0.5) is 5.69 Å². The Morgan fingerprint density at radius 1 is 0.721 bits per heavy atom. The van der Waals surface area contributed by atoms with Crippen molar-refractivity contribution in [3.8, 4) is 23.0 Å². The molecule has 0 aliphatic carbocycles. The van der Waals surface area contributed by atoms with Crippen LogP contribution in [0.1, 0.15) is 11.1 Å². The van der Waals surface area contributed by atoms with Crippen LogP contribution in [0.3, 0.4) is 0 Å². The summed E-state index contributed by atoms with van der Waals surface area (Å²) in [6.45, 7) is 4.13. The molecule has 0 amide bonds. The van der Waals surface area contributed by atoms with Gasteiger partial charge in [0.15, 0.2) is 5.65 Å². The maximum absolute atomic E-state index is 14.1. The number of pyridine rings is 1. The van der Waals surface area contributed by atoms with E-state index in [0.717, 1.165) is 59.2 Å². The van der Waals surface area contributed by atoms with Gasteiger partial charge in [0, 0.05) is 60.0 Å². The van der Waals surface area contributed by atoms with E-state index in [-0.39, 0.29) is 4.90 Å². The third-order valence-corrected chi connectivity index (χ3v) is 9.79. The summed E-state index contributed by atoms with van der Waals surface area (Å²) in [5.74, 6) is 6.54. The van der Waals surface area contributed by atoms with Gasteiger partial charge in [-0.1, -0.05) is 66.4 Å². The highest BCUT2D eigenvalue weighted by molar-refractivity contribution is 7.90. The second kappa shape index (κ2) is 11.1. The minimum atomic E-state index is -3.94. The Bertz CT molecular complexity index is 2100. The number of piperazine rings is 1. The molecule has 212 valence electrons. The third-order valence-electron chi connectivity index (χ3n) is 8.07. The summed E-state index contributed by atoms with van der Waals surface area (Å²) in [6, 6.07) is 34.7. The van der Waals surface area contributed by atoms with Gasteiger partial charge in [0.1, 0.15) is 0 Å². The second-order valence-corrected chi connectivity index (χ2v) is 12.6. The average Bonchev–Trinajstić information content (AvgIpc) is 3.40. The maximum Gasteiger partial charge on any atom is 0.269 e. The number of fused-ring (bicyclic) bond motifs is 3. The van der Waals surface area contributed by atoms with E-state index in [2.05, 4.69) is 64.0 Å². The van der Waals surface area contributed by atoms with E-state index in [1.54, 1.807) is 30.5 Å². The minimum absolute atomic E-state index is 0.208. The number of anilines is 1. The standard InChI is InChI=1S/C36H30N4O2S/c1-38-22-24-39(25-23-38)31-17-14-28(15-18-31)30-16-19-34-33(26-30)35-29(13-12-27-8-4-2-5-9-27)20-21-37-36(35)40(34)43(41,42)32-10-6-3-7-11-32/h2-11,14-21,26H,22-25H2,1H3.